The van der Waals surface area contributed by atoms with Gasteiger partial charge in [0, 0.05) is 18.0 Å². The van der Waals surface area contributed by atoms with Gasteiger partial charge >= 0.3 is 0 Å². The van der Waals surface area contributed by atoms with E-state index < -0.39 is 0 Å². The van der Waals surface area contributed by atoms with Crippen molar-refractivity contribution in [3.8, 4) is 0 Å². The van der Waals surface area contributed by atoms with E-state index in [-0.39, 0.29) is 0 Å². The molecular weight excluding hydrogens is 236 g/mol. The zero-order valence-electron chi connectivity index (χ0n) is 12.2. The van der Waals surface area contributed by atoms with Gasteiger partial charge in [0.15, 0.2) is 0 Å². The van der Waals surface area contributed by atoms with E-state index in [1.807, 2.05) is 0 Å². The van der Waals surface area contributed by atoms with Crippen molar-refractivity contribution in [3.63, 3.8) is 0 Å². The Labute approximate surface area is 117 Å². The Morgan fingerprint density at radius 1 is 0.895 bits per heavy atom. The molecule has 1 aliphatic heterocycles. The van der Waals surface area contributed by atoms with Gasteiger partial charge in [-0.3, -0.25) is 4.79 Å². The summed E-state index contributed by atoms with van der Waals surface area (Å²) in [6, 6.07) is 1.16. The van der Waals surface area contributed by atoms with E-state index in [0.717, 1.165) is 31.8 Å². The lowest BCUT2D eigenvalue weighted by Gasteiger charge is -2.39. The third-order valence-electron chi connectivity index (χ3n) is 5.26. The summed E-state index contributed by atoms with van der Waals surface area (Å²) in [7, 11) is 0. The van der Waals surface area contributed by atoms with Crippen LogP contribution in [0.3, 0.4) is 0 Å². The third kappa shape index (κ3) is 3.13. The highest BCUT2D eigenvalue weighted by Crippen LogP contribution is 2.37. The molecule has 0 radical (unpaired) electrons. The fourth-order valence-electron chi connectivity index (χ4n) is 3.81. The van der Waals surface area contributed by atoms with E-state index in [1.54, 1.807) is 0 Å². The lowest BCUT2D eigenvalue weighted by atomic mass is 9.85. The highest BCUT2D eigenvalue weighted by atomic mass is 16.2. The Bertz CT molecular complexity index is 313. The predicted octanol–water partition coefficient (Wildman–Crippen LogP) is 2.56. The van der Waals surface area contributed by atoms with Gasteiger partial charge in [0.2, 0.25) is 5.91 Å². The van der Waals surface area contributed by atoms with E-state index in [4.69, 9.17) is 0 Å². The van der Waals surface area contributed by atoms with Crippen LogP contribution >= 0.6 is 0 Å². The van der Waals surface area contributed by atoms with E-state index in [1.165, 1.54) is 38.5 Å². The number of carbonyl (C=O) groups is 1. The minimum Gasteiger partial charge on any atom is -0.336 e. The summed E-state index contributed by atoms with van der Waals surface area (Å²) in [6.07, 6.45) is 9.71. The van der Waals surface area contributed by atoms with Gasteiger partial charge in [-0.15, -0.1) is 0 Å². The molecule has 0 aromatic heterocycles. The maximum Gasteiger partial charge on any atom is 0.226 e. The summed E-state index contributed by atoms with van der Waals surface area (Å²) in [5, 5.41) is 3.37. The maximum absolute atomic E-state index is 12.9. The summed E-state index contributed by atoms with van der Waals surface area (Å²) >= 11 is 0. The summed E-state index contributed by atoms with van der Waals surface area (Å²) < 4.78 is 0. The van der Waals surface area contributed by atoms with Crippen molar-refractivity contribution in [2.45, 2.75) is 70.4 Å². The molecule has 3 nitrogen and oxygen atoms in total. The average Bonchev–Trinajstić information content (AvgIpc) is 3.27. The lowest BCUT2D eigenvalue weighted by molar-refractivity contribution is -0.140. The molecular formula is C16H28N2O. The minimum absolute atomic E-state index is 0.307. The Morgan fingerprint density at radius 3 is 1.95 bits per heavy atom. The van der Waals surface area contributed by atoms with Gasteiger partial charge in [-0.25, -0.2) is 0 Å². The van der Waals surface area contributed by atoms with Crippen LogP contribution in [0, 0.1) is 11.8 Å². The van der Waals surface area contributed by atoms with Gasteiger partial charge in [-0.2, -0.15) is 0 Å². The second-order valence-corrected chi connectivity index (χ2v) is 6.91. The SMILES string of the molecule is CC1CCC(N(C(=O)C2CCNCC2)C2CC2)CC1. The van der Waals surface area contributed by atoms with Crippen LogP contribution in [0.1, 0.15) is 58.3 Å². The molecule has 3 heteroatoms. The van der Waals surface area contributed by atoms with Crippen LogP contribution in [-0.4, -0.2) is 36.0 Å². The molecule has 0 unspecified atom stereocenters. The number of nitrogens with zero attached hydrogens (tertiary/aromatic N) is 1. The first-order valence-corrected chi connectivity index (χ1v) is 8.28. The molecule has 1 N–H and O–H groups in total. The molecule has 1 amide bonds. The number of rotatable bonds is 3. The van der Waals surface area contributed by atoms with Gasteiger partial charge in [0.05, 0.1) is 0 Å². The summed E-state index contributed by atoms with van der Waals surface area (Å²) in [5.74, 6) is 1.66. The Kier molecular flexibility index (Phi) is 4.11. The molecule has 19 heavy (non-hydrogen) atoms. The Balaban J connectivity index is 1.64. The first-order chi connectivity index (χ1) is 9.25. The first kappa shape index (κ1) is 13.4. The van der Waals surface area contributed by atoms with E-state index in [9.17, 15) is 4.79 Å². The third-order valence-corrected chi connectivity index (χ3v) is 5.26. The molecule has 1 saturated heterocycles. The second-order valence-electron chi connectivity index (χ2n) is 6.91. The topological polar surface area (TPSA) is 32.3 Å². The standard InChI is InChI=1S/C16H28N2O/c1-12-2-4-14(5-3-12)18(15-6-7-15)16(19)13-8-10-17-11-9-13/h12-15,17H,2-11H2,1H3. The van der Waals surface area contributed by atoms with E-state index in [2.05, 4.69) is 17.1 Å². The fraction of sp³-hybridized carbons (Fsp3) is 0.938. The molecule has 108 valence electrons. The van der Waals surface area contributed by atoms with Gasteiger partial charge in [-0.05, 0) is 70.4 Å². The quantitative estimate of drug-likeness (QED) is 0.849. The van der Waals surface area contributed by atoms with Crippen molar-refractivity contribution in [2.75, 3.05) is 13.1 Å². The molecule has 1 heterocycles. The summed E-state index contributed by atoms with van der Waals surface area (Å²) in [6.45, 7) is 4.40. The van der Waals surface area contributed by atoms with Crippen LogP contribution in [-0.2, 0) is 4.79 Å². The summed E-state index contributed by atoms with van der Waals surface area (Å²) in [5.41, 5.74) is 0. The Hall–Kier alpha value is -0.570. The van der Waals surface area contributed by atoms with Crippen molar-refractivity contribution < 1.29 is 4.79 Å². The van der Waals surface area contributed by atoms with Crippen LogP contribution in [0.4, 0.5) is 0 Å². The number of nitrogens with one attached hydrogen (secondary N) is 1. The molecule has 3 aliphatic rings. The van der Waals surface area contributed by atoms with Crippen molar-refractivity contribution in [1.82, 2.24) is 10.2 Å². The molecule has 0 aromatic rings. The van der Waals surface area contributed by atoms with Crippen LogP contribution < -0.4 is 5.32 Å². The highest BCUT2D eigenvalue weighted by molar-refractivity contribution is 5.80. The monoisotopic (exact) mass is 264 g/mol. The van der Waals surface area contributed by atoms with Gasteiger partial charge in [-0.1, -0.05) is 6.92 Å². The van der Waals surface area contributed by atoms with Gasteiger partial charge < -0.3 is 10.2 Å². The van der Waals surface area contributed by atoms with Crippen molar-refractivity contribution >= 4 is 5.91 Å². The van der Waals surface area contributed by atoms with Crippen molar-refractivity contribution in [1.29, 1.82) is 0 Å². The van der Waals surface area contributed by atoms with E-state index in [0.29, 0.717) is 23.9 Å². The van der Waals surface area contributed by atoms with Gasteiger partial charge in [0.1, 0.15) is 0 Å². The van der Waals surface area contributed by atoms with Gasteiger partial charge in [0.25, 0.3) is 0 Å². The number of carbonyl (C=O) groups excluding carboxylic acids is 1. The summed E-state index contributed by atoms with van der Waals surface area (Å²) in [4.78, 5) is 15.2. The molecule has 2 saturated carbocycles. The molecule has 3 rings (SSSR count). The fourth-order valence-corrected chi connectivity index (χ4v) is 3.81. The molecule has 3 fully saturated rings. The van der Waals surface area contributed by atoms with Crippen LogP contribution in [0.25, 0.3) is 0 Å². The van der Waals surface area contributed by atoms with Crippen LogP contribution in [0.2, 0.25) is 0 Å². The zero-order chi connectivity index (χ0) is 13.2. The van der Waals surface area contributed by atoms with Crippen molar-refractivity contribution in [2.24, 2.45) is 11.8 Å². The van der Waals surface area contributed by atoms with Crippen LogP contribution in [0.15, 0.2) is 0 Å². The zero-order valence-corrected chi connectivity index (χ0v) is 12.2. The average molecular weight is 264 g/mol. The largest absolute Gasteiger partial charge is 0.336 e. The number of hydrogen-bond acceptors (Lipinski definition) is 2. The number of hydrogen-bond donors (Lipinski definition) is 1. The minimum atomic E-state index is 0.307. The highest BCUT2D eigenvalue weighted by Gasteiger charge is 2.40. The molecule has 0 spiro atoms. The molecule has 0 aromatic carbocycles. The predicted molar refractivity (Wildman–Crippen MR) is 76.9 cm³/mol. The number of piperidine rings is 1. The maximum atomic E-state index is 12.9. The number of amides is 1. The normalized spacial score (nSPS) is 33.1. The van der Waals surface area contributed by atoms with E-state index >= 15 is 0 Å². The van der Waals surface area contributed by atoms with Crippen LogP contribution in [0.5, 0.6) is 0 Å². The van der Waals surface area contributed by atoms with Crippen molar-refractivity contribution in [3.05, 3.63) is 0 Å². The molecule has 2 aliphatic carbocycles. The molecule has 0 atom stereocenters. The first-order valence-electron chi connectivity index (χ1n) is 8.28. The Morgan fingerprint density at radius 2 is 1.42 bits per heavy atom. The molecule has 0 bridgehead atoms. The smallest absolute Gasteiger partial charge is 0.226 e. The lowest BCUT2D eigenvalue weighted by Crippen LogP contribution is -2.48. The second kappa shape index (κ2) is 5.82.